The standard InChI is InChI=1S/C17H27N5O3S2/c1-21(2)13(23)12-26-16-20-19-15(27-16)18-14(24)17(6-4-3-5-7-17)22-8-10-25-11-9-22/h3-12H2,1-2H3,(H,18,19,24). The van der Waals surface area contributed by atoms with Gasteiger partial charge in [-0.3, -0.25) is 19.8 Å². The lowest BCUT2D eigenvalue weighted by atomic mass is 9.79. The molecule has 0 spiro atoms. The van der Waals surface area contributed by atoms with Crippen molar-refractivity contribution in [3.63, 3.8) is 0 Å². The number of rotatable bonds is 6. The maximum atomic E-state index is 13.2. The first-order chi connectivity index (χ1) is 13.0. The molecule has 0 aromatic carbocycles. The van der Waals surface area contributed by atoms with Gasteiger partial charge in [0.05, 0.1) is 19.0 Å². The molecule has 8 nitrogen and oxygen atoms in total. The molecule has 2 fully saturated rings. The summed E-state index contributed by atoms with van der Waals surface area (Å²) < 4.78 is 6.16. The molecule has 3 rings (SSSR count). The smallest absolute Gasteiger partial charge is 0.246 e. The number of carbonyl (C=O) groups is 2. The van der Waals surface area contributed by atoms with Crippen LogP contribution in [0.1, 0.15) is 32.1 Å². The minimum Gasteiger partial charge on any atom is -0.379 e. The van der Waals surface area contributed by atoms with E-state index in [0.717, 1.165) is 38.8 Å². The Balaban J connectivity index is 1.64. The van der Waals surface area contributed by atoms with Crippen molar-refractivity contribution in [3.8, 4) is 0 Å². The summed E-state index contributed by atoms with van der Waals surface area (Å²) in [6.07, 6.45) is 5.05. The Morgan fingerprint density at radius 2 is 1.93 bits per heavy atom. The number of morpholine rings is 1. The van der Waals surface area contributed by atoms with Gasteiger partial charge in [-0.05, 0) is 12.8 Å². The van der Waals surface area contributed by atoms with E-state index in [-0.39, 0.29) is 11.8 Å². The van der Waals surface area contributed by atoms with Gasteiger partial charge < -0.3 is 9.64 Å². The second-order valence-electron chi connectivity index (χ2n) is 7.10. The molecule has 2 amide bonds. The summed E-state index contributed by atoms with van der Waals surface area (Å²) in [5.74, 6) is 0.350. The van der Waals surface area contributed by atoms with Crippen LogP contribution < -0.4 is 5.32 Å². The fraction of sp³-hybridized carbons (Fsp3) is 0.765. The van der Waals surface area contributed by atoms with Gasteiger partial charge in [0, 0.05) is 27.2 Å². The lowest BCUT2D eigenvalue weighted by Gasteiger charge is -2.46. The summed E-state index contributed by atoms with van der Waals surface area (Å²) in [5, 5.41) is 11.7. The highest BCUT2D eigenvalue weighted by Gasteiger charge is 2.45. The molecular weight excluding hydrogens is 386 g/mol. The number of anilines is 1. The zero-order valence-electron chi connectivity index (χ0n) is 15.9. The normalized spacial score (nSPS) is 20.2. The maximum Gasteiger partial charge on any atom is 0.246 e. The van der Waals surface area contributed by atoms with Crippen LogP contribution in [0.5, 0.6) is 0 Å². The number of aromatic nitrogens is 2. The summed E-state index contributed by atoms with van der Waals surface area (Å²) in [7, 11) is 3.45. The lowest BCUT2D eigenvalue weighted by Crippen LogP contribution is -2.60. The van der Waals surface area contributed by atoms with Crippen LogP contribution in [0.15, 0.2) is 4.34 Å². The predicted molar refractivity (Wildman–Crippen MR) is 106 cm³/mol. The van der Waals surface area contributed by atoms with Crippen molar-refractivity contribution >= 4 is 40.0 Å². The Labute approximate surface area is 168 Å². The summed E-state index contributed by atoms with van der Waals surface area (Å²) in [5.41, 5.74) is -0.470. The van der Waals surface area contributed by atoms with Crippen LogP contribution in [-0.2, 0) is 14.3 Å². The van der Waals surface area contributed by atoms with Gasteiger partial charge in [-0.2, -0.15) is 0 Å². The fourth-order valence-electron chi connectivity index (χ4n) is 3.60. The van der Waals surface area contributed by atoms with Gasteiger partial charge in [0.15, 0.2) is 4.34 Å². The van der Waals surface area contributed by atoms with Crippen molar-refractivity contribution in [1.29, 1.82) is 0 Å². The highest BCUT2D eigenvalue weighted by molar-refractivity contribution is 8.01. The number of thioether (sulfide) groups is 1. The third-order valence-electron chi connectivity index (χ3n) is 5.16. The summed E-state index contributed by atoms with van der Waals surface area (Å²) in [4.78, 5) is 28.8. The molecule has 1 saturated carbocycles. The van der Waals surface area contributed by atoms with E-state index < -0.39 is 5.54 Å². The van der Waals surface area contributed by atoms with Crippen molar-refractivity contribution < 1.29 is 14.3 Å². The van der Waals surface area contributed by atoms with Gasteiger partial charge in [-0.15, -0.1) is 10.2 Å². The minimum absolute atomic E-state index is 0.0150. The number of carbonyl (C=O) groups excluding carboxylic acids is 2. The quantitative estimate of drug-likeness (QED) is 0.561. The van der Waals surface area contributed by atoms with Crippen molar-refractivity contribution in [2.45, 2.75) is 42.0 Å². The first-order valence-electron chi connectivity index (χ1n) is 9.32. The first-order valence-corrected chi connectivity index (χ1v) is 11.1. The second-order valence-corrected chi connectivity index (χ2v) is 9.30. The molecule has 2 heterocycles. The van der Waals surface area contributed by atoms with Gasteiger partial charge >= 0.3 is 0 Å². The largest absolute Gasteiger partial charge is 0.379 e. The van der Waals surface area contributed by atoms with Crippen LogP contribution in [0.3, 0.4) is 0 Å². The fourth-order valence-corrected chi connectivity index (χ4v) is 5.33. The molecule has 0 atom stereocenters. The van der Waals surface area contributed by atoms with Crippen LogP contribution in [0.25, 0.3) is 0 Å². The van der Waals surface area contributed by atoms with E-state index >= 15 is 0 Å². The SMILES string of the molecule is CN(C)C(=O)CSc1nnc(NC(=O)C2(N3CCOCC3)CCCCC2)s1. The van der Waals surface area contributed by atoms with E-state index in [4.69, 9.17) is 4.74 Å². The van der Waals surface area contributed by atoms with Crippen molar-refractivity contribution in [2.24, 2.45) is 0 Å². The van der Waals surface area contributed by atoms with E-state index in [9.17, 15) is 9.59 Å². The van der Waals surface area contributed by atoms with Crippen LogP contribution in [0.4, 0.5) is 5.13 Å². The monoisotopic (exact) mass is 413 g/mol. The Morgan fingerprint density at radius 1 is 1.22 bits per heavy atom. The van der Waals surface area contributed by atoms with Crippen LogP contribution in [0, 0.1) is 0 Å². The molecular formula is C17H27N5O3S2. The third-order valence-corrected chi connectivity index (χ3v) is 7.12. The highest BCUT2D eigenvalue weighted by atomic mass is 32.2. The zero-order chi connectivity index (χ0) is 19.3. The molecule has 1 aliphatic heterocycles. The molecule has 10 heteroatoms. The number of hydrogen-bond donors (Lipinski definition) is 1. The Bertz CT molecular complexity index is 655. The average molecular weight is 414 g/mol. The van der Waals surface area contributed by atoms with E-state index in [1.807, 2.05) is 0 Å². The summed E-state index contributed by atoms with van der Waals surface area (Å²) in [6, 6.07) is 0. The number of amides is 2. The number of ether oxygens (including phenoxy) is 1. The highest BCUT2D eigenvalue weighted by Crippen LogP contribution is 2.36. The van der Waals surface area contributed by atoms with E-state index in [1.54, 1.807) is 19.0 Å². The Kier molecular flexibility index (Phi) is 7.07. The molecule has 1 aromatic rings. The molecule has 2 aliphatic rings. The van der Waals surface area contributed by atoms with Gasteiger partial charge in [-0.25, -0.2) is 0 Å². The average Bonchev–Trinajstić information content (AvgIpc) is 3.14. The molecule has 0 radical (unpaired) electrons. The zero-order valence-corrected chi connectivity index (χ0v) is 17.5. The number of nitrogens with one attached hydrogen (secondary N) is 1. The molecule has 0 unspecified atom stereocenters. The van der Waals surface area contributed by atoms with Gasteiger partial charge in [-0.1, -0.05) is 42.4 Å². The third kappa shape index (κ3) is 4.98. The predicted octanol–water partition coefficient (Wildman–Crippen LogP) is 1.69. The van der Waals surface area contributed by atoms with Crippen molar-refractivity contribution in [3.05, 3.63) is 0 Å². The maximum absolute atomic E-state index is 13.2. The topological polar surface area (TPSA) is 87.7 Å². The Morgan fingerprint density at radius 3 is 2.59 bits per heavy atom. The molecule has 27 heavy (non-hydrogen) atoms. The summed E-state index contributed by atoms with van der Waals surface area (Å²) >= 11 is 2.66. The van der Waals surface area contributed by atoms with Crippen LogP contribution in [0.2, 0.25) is 0 Å². The van der Waals surface area contributed by atoms with Crippen LogP contribution >= 0.6 is 23.1 Å². The van der Waals surface area contributed by atoms with Gasteiger partial charge in [0.2, 0.25) is 16.9 Å². The first kappa shape index (κ1) is 20.5. The van der Waals surface area contributed by atoms with Crippen molar-refractivity contribution in [1.82, 2.24) is 20.0 Å². The van der Waals surface area contributed by atoms with E-state index in [1.165, 1.54) is 29.5 Å². The molecule has 1 N–H and O–H groups in total. The molecule has 0 bridgehead atoms. The number of nitrogens with zero attached hydrogens (tertiary/aromatic N) is 4. The molecule has 1 aliphatic carbocycles. The van der Waals surface area contributed by atoms with E-state index in [2.05, 4.69) is 20.4 Å². The molecule has 150 valence electrons. The second kappa shape index (κ2) is 9.31. The molecule has 1 saturated heterocycles. The van der Waals surface area contributed by atoms with Gasteiger partial charge in [0.25, 0.3) is 0 Å². The van der Waals surface area contributed by atoms with Crippen molar-refractivity contribution in [2.75, 3.05) is 51.5 Å². The lowest BCUT2D eigenvalue weighted by molar-refractivity contribution is -0.134. The Hall–Kier alpha value is -1.23. The van der Waals surface area contributed by atoms with Crippen LogP contribution in [-0.4, -0.2) is 83.5 Å². The summed E-state index contributed by atoms with van der Waals surface area (Å²) in [6.45, 7) is 2.93. The molecule has 1 aromatic heterocycles. The minimum atomic E-state index is -0.470. The number of hydrogen-bond acceptors (Lipinski definition) is 8. The van der Waals surface area contributed by atoms with E-state index in [0.29, 0.717) is 28.4 Å². The van der Waals surface area contributed by atoms with Gasteiger partial charge in [0.1, 0.15) is 5.54 Å².